The Bertz CT molecular complexity index is 598. The normalized spacial score (nSPS) is 11.9. The SMILES string of the molecule is CC(CCCO)NC(=O)NCc1nccn1Cc1ccccc1. The Hall–Kier alpha value is -2.34. The summed E-state index contributed by atoms with van der Waals surface area (Å²) < 4.78 is 2.02. The van der Waals surface area contributed by atoms with E-state index in [1.54, 1.807) is 6.20 Å². The molecule has 0 aliphatic heterocycles. The zero-order valence-electron chi connectivity index (χ0n) is 13.4. The molecule has 23 heavy (non-hydrogen) atoms. The van der Waals surface area contributed by atoms with Crippen molar-refractivity contribution in [1.82, 2.24) is 20.2 Å². The fourth-order valence-corrected chi connectivity index (χ4v) is 2.34. The van der Waals surface area contributed by atoms with Gasteiger partial charge in [-0.1, -0.05) is 30.3 Å². The summed E-state index contributed by atoms with van der Waals surface area (Å²) in [5.74, 6) is 0.812. The summed E-state index contributed by atoms with van der Waals surface area (Å²) in [6.45, 7) is 3.17. The van der Waals surface area contributed by atoms with Gasteiger partial charge in [0.2, 0.25) is 0 Å². The van der Waals surface area contributed by atoms with Gasteiger partial charge in [-0.3, -0.25) is 0 Å². The van der Waals surface area contributed by atoms with E-state index in [0.29, 0.717) is 13.0 Å². The van der Waals surface area contributed by atoms with Crippen molar-refractivity contribution in [3.8, 4) is 0 Å². The largest absolute Gasteiger partial charge is 0.396 e. The molecule has 0 saturated carbocycles. The smallest absolute Gasteiger partial charge is 0.315 e. The molecule has 0 bridgehead atoms. The van der Waals surface area contributed by atoms with Gasteiger partial charge in [0.25, 0.3) is 0 Å². The van der Waals surface area contributed by atoms with E-state index in [2.05, 4.69) is 27.8 Å². The minimum absolute atomic E-state index is 0.0335. The van der Waals surface area contributed by atoms with Crippen molar-refractivity contribution < 1.29 is 9.90 Å². The predicted molar refractivity (Wildman–Crippen MR) is 88.9 cm³/mol. The number of hydrogen-bond acceptors (Lipinski definition) is 3. The van der Waals surface area contributed by atoms with Crippen molar-refractivity contribution in [3.05, 3.63) is 54.1 Å². The summed E-state index contributed by atoms with van der Waals surface area (Å²) in [6, 6.07) is 9.94. The highest BCUT2D eigenvalue weighted by atomic mass is 16.3. The fraction of sp³-hybridized carbons (Fsp3) is 0.412. The lowest BCUT2D eigenvalue weighted by atomic mass is 10.2. The first kappa shape index (κ1) is 17.0. The van der Waals surface area contributed by atoms with Crippen molar-refractivity contribution in [2.24, 2.45) is 0 Å². The molecule has 1 heterocycles. The summed E-state index contributed by atoms with van der Waals surface area (Å²) in [7, 11) is 0. The van der Waals surface area contributed by atoms with E-state index >= 15 is 0 Å². The van der Waals surface area contributed by atoms with Crippen LogP contribution in [0, 0.1) is 0 Å². The summed E-state index contributed by atoms with van der Waals surface area (Å²) in [5.41, 5.74) is 1.19. The third-order valence-electron chi connectivity index (χ3n) is 3.58. The van der Waals surface area contributed by atoms with Gasteiger partial charge in [-0.15, -0.1) is 0 Å². The second-order valence-corrected chi connectivity index (χ2v) is 5.55. The summed E-state index contributed by atoms with van der Waals surface area (Å²) in [5, 5.41) is 14.5. The number of carbonyl (C=O) groups is 1. The van der Waals surface area contributed by atoms with Crippen LogP contribution in [0.3, 0.4) is 0 Å². The Morgan fingerprint density at radius 3 is 2.87 bits per heavy atom. The highest BCUT2D eigenvalue weighted by molar-refractivity contribution is 5.74. The number of hydrogen-bond donors (Lipinski definition) is 3. The van der Waals surface area contributed by atoms with E-state index in [1.807, 2.05) is 35.9 Å². The van der Waals surface area contributed by atoms with Crippen molar-refractivity contribution in [3.63, 3.8) is 0 Å². The lowest BCUT2D eigenvalue weighted by molar-refractivity contribution is 0.233. The second kappa shape index (κ2) is 8.95. The zero-order valence-corrected chi connectivity index (χ0v) is 13.4. The molecule has 0 spiro atoms. The molecule has 124 valence electrons. The molecule has 0 saturated heterocycles. The van der Waals surface area contributed by atoms with Gasteiger partial charge in [-0.05, 0) is 25.3 Å². The molecular weight excluding hydrogens is 292 g/mol. The lowest BCUT2D eigenvalue weighted by Gasteiger charge is -2.14. The Morgan fingerprint density at radius 2 is 2.13 bits per heavy atom. The molecule has 1 aromatic carbocycles. The summed E-state index contributed by atoms with van der Waals surface area (Å²) in [4.78, 5) is 16.2. The van der Waals surface area contributed by atoms with Gasteiger partial charge in [-0.25, -0.2) is 9.78 Å². The van der Waals surface area contributed by atoms with Gasteiger partial charge in [0, 0.05) is 31.6 Å². The molecule has 0 aliphatic rings. The standard InChI is InChI=1S/C17H24N4O2/c1-14(6-5-11-22)20-17(23)19-12-16-18-9-10-21(16)13-15-7-3-2-4-8-15/h2-4,7-10,14,22H,5-6,11-13H2,1H3,(H2,19,20,23). The molecule has 1 aromatic heterocycles. The Labute approximate surface area is 136 Å². The van der Waals surface area contributed by atoms with Crippen molar-refractivity contribution >= 4 is 6.03 Å². The number of aliphatic hydroxyl groups excluding tert-OH is 1. The number of aromatic nitrogens is 2. The molecule has 2 amide bonds. The summed E-state index contributed by atoms with van der Waals surface area (Å²) >= 11 is 0. The van der Waals surface area contributed by atoms with Crippen LogP contribution in [0.5, 0.6) is 0 Å². The van der Waals surface area contributed by atoms with Crippen LogP contribution in [0.2, 0.25) is 0 Å². The number of rotatable bonds is 8. The minimum Gasteiger partial charge on any atom is -0.396 e. The second-order valence-electron chi connectivity index (χ2n) is 5.55. The van der Waals surface area contributed by atoms with Gasteiger partial charge < -0.3 is 20.3 Å². The van der Waals surface area contributed by atoms with Crippen LogP contribution in [-0.2, 0) is 13.1 Å². The maximum atomic E-state index is 11.9. The van der Waals surface area contributed by atoms with Crippen LogP contribution in [0.15, 0.2) is 42.7 Å². The minimum atomic E-state index is -0.218. The number of imidazole rings is 1. The first-order valence-corrected chi connectivity index (χ1v) is 7.88. The number of aliphatic hydroxyl groups is 1. The third kappa shape index (κ3) is 5.75. The number of nitrogens with one attached hydrogen (secondary N) is 2. The first-order chi connectivity index (χ1) is 11.2. The molecule has 2 aromatic rings. The van der Waals surface area contributed by atoms with Crippen LogP contribution < -0.4 is 10.6 Å². The number of amides is 2. The van der Waals surface area contributed by atoms with Crippen molar-refractivity contribution in [1.29, 1.82) is 0 Å². The van der Waals surface area contributed by atoms with Gasteiger partial charge in [0.15, 0.2) is 0 Å². The van der Waals surface area contributed by atoms with E-state index in [1.165, 1.54) is 5.56 Å². The number of benzene rings is 1. The Morgan fingerprint density at radius 1 is 1.35 bits per heavy atom. The topological polar surface area (TPSA) is 79.2 Å². The van der Waals surface area contributed by atoms with E-state index in [4.69, 9.17) is 5.11 Å². The molecule has 0 aliphatic carbocycles. The van der Waals surface area contributed by atoms with E-state index < -0.39 is 0 Å². The van der Waals surface area contributed by atoms with Gasteiger partial charge in [0.05, 0.1) is 6.54 Å². The average Bonchev–Trinajstić information content (AvgIpc) is 2.99. The molecular formula is C17H24N4O2. The van der Waals surface area contributed by atoms with E-state index in [0.717, 1.165) is 18.8 Å². The van der Waals surface area contributed by atoms with E-state index in [-0.39, 0.29) is 18.7 Å². The number of nitrogens with zero attached hydrogens (tertiary/aromatic N) is 2. The van der Waals surface area contributed by atoms with E-state index in [9.17, 15) is 4.79 Å². The third-order valence-corrected chi connectivity index (χ3v) is 3.58. The molecule has 0 radical (unpaired) electrons. The molecule has 6 nitrogen and oxygen atoms in total. The maximum Gasteiger partial charge on any atom is 0.315 e. The first-order valence-electron chi connectivity index (χ1n) is 7.88. The average molecular weight is 316 g/mol. The maximum absolute atomic E-state index is 11.9. The van der Waals surface area contributed by atoms with Gasteiger partial charge >= 0.3 is 6.03 Å². The predicted octanol–water partition coefficient (Wildman–Crippen LogP) is 1.89. The number of carbonyl (C=O) groups excluding carboxylic acids is 1. The van der Waals surface area contributed by atoms with Crippen LogP contribution in [0.25, 0.3) is 0 Å². The molecule has 2 rings (SSSR count). The van der Waals surface area contributed by atoms with Gasteiger partial charge in [0.1, 0.15) is 5.82 Å². The highest BCUT2D eigenvalue weighted by Crippen LogP contribution is 2.05. The quantitative estimate of drug-likeness (QED) is 0.696. The van der Waals surface area contributed by atoms with Crippen LogP contribution in [0.1, 0.15) is 31.2 Å². The molecule has 0 fully saturated rings. The zero-order chi connectivity index (χ0) is 16.5. The molecule has 1 atom stereocenters. The molecule has 3 N–H and O–H groups in total. The monoisotopic (exact) mass is 316 g/mol. The Kier molecular flexibility index (Phi) is 6.62. The van der Waals surface area contributed by atoms with Crippen LogP contribution >= 0.6 is 0 Å². The lowest BCUT2D eigenvalue weighted by Crippen LogP contribution is -2.40. The van der Waals surface area contributed by atoms with Crippen molar-refractivity contribution in [2.45, 2.75) is 38.9 Å². The number of urea groups is 1. The highest BCUT2D eigenvalue weighted by Gasteiger charge is 2.09. The fourth-order valence-electron chi connectivity index (χ4n) is 2.34. The van der Waals surface area contributed by atoms with Crippen LogP contribution in [-0.4, -0.2) is 33.3 Å². The summed E-state index contributed by atoms with van der Waals surface area (Å²) in [6.07, 6.45) is 5.09. The molecule has 6 heteroatoms. The molecule has 1 unspecified atom stereocenters. The van der Waals surface area contributed by atoms with Crippen molar-refractivity contribution in [2.75, 3.05) is 6.61 Å². The van der Waals surface area contributed by atoms with Gasteiger partial charge in [-0.2, -0.15) is 0 Å². The Balaban J connectivity index is 1.82. The van der Waals surface area contributed by atoms with Crippen LogP contribution in [0.4, 0.5) is 4.79 Å².